The maximum absolute atomic E-state index is 12.9. The van der Waals surface area contributed by atoms with Crippen molar-refractivity contribution < 1.29 is 19.0 Å². The van der Waals surface area contributed by atoms with Gasteiger partial charge >= 0.3 is 0 Å². The van der Waals surface area contributed by atoms with Crippen molar-refractivity contribution in [3.05, 3.63) is 54.4 Å². The summed E-state index contributed by atoms with van der Waals surface area (Å²) >= 11 is 0. The molecule has 3 aliphatic rings. The number of aromatic nitrogens is 1. The molecule has 0 aliphatic carbocycles. The lowest BCUT2D eigenvalue weighted by Gasteiger charge is -2.38. The third-order valence-corrected chi connectivity index (χ3v) is 5.71. The highest BCUT2D eigenvalue weighted by molar-refractivity contribution is 5.92. The minimum atomic E-state index is 0.0764. The van der Waals surface area contributed by atoms with Gasteiger partial charge in [-0.2, -0.15) is 0 Å². The predicted octanol–water partition coefficient (Wildman–Crippen LogP) is 3.42. The van der Waals surface area contributed by atoms with Crippen LogP contribution in [0.3, 0.4) is 0 Å². The molecule has 1 amide bonds. The van der Waals surface area contributed by atoms with Crippen LogP contribution in [0.2, 0.25) is 0 Å². The molecule has 0 radical (unpaired) electrons. The van der Waals surface area contributed by atoms with E-state index < -0.39 is 0 Å². The molecule has 6 heteroatoms. The Morgan fingerprint density at radius 3 is 2.61 bits per heavy atom. The van der Waals surface area contributed by atoms with Crippen molar-refractivity contribution in [2.75, 3.05) is 6.79 Å². The number of ether oxygens (including phenoxy) is 3. The van der Waals surface area contributed by atoms with Crippen molar-refractivity contribution in [3.8, 4) is 17.2 Å². The zero-order chi connectivity index (χ0) is 18.9. The van der Waals surface area contributed by atoms with Crippen LogP contribution in [-0.4, -0.2) is 40.8 Å². The maximum atomic E-state index is 12.9. The van der Waals surface area contributed by atoms with Gasteiger partial charge in [0.2, 0.25) is 12.7 Å². The third kappa shape index (κ3) is 3.30. The number of carbonyl (C=O) groups is 1. The molecular weight excluding hydrogens is 356 g/mol. The number of pyridine rings is 1. The topological polar surface area (TPSA) is 60.9 Å². The normalized spacial score (nSPS) is 25.3. The highest BCUT2D eigenvalue weighted by Gasteiger charge is 2.43. The number of rotatable bonds is 4. The number of benzene rings is 1. The summed E-state index contributed by atoms with van der Waals surface area (Å²) in [6.45, 7) is 0.251. The summed E-state index contributed by atoms with van der Waals surface area (Å²) in [4.78, 5) is 18.9. The predicted molar refractivity (Wildman–Crippen MR) is 103 cm³/mol. The fourth-order valence-corrected chi connectivity index (χ4v) is 4.46. The van der Waals surface area contributed by atoms with E-state index in [2.05, 4.69) is 9.88 Å². The number of carbonyl (C=O) groups excluding carboxylic acids is 1. The van der Waals surface area contributed by atoms with Crippen molar-refractivity contribution in [3.63, 3.8) is 0 Å². The van der Waals surface area contributed by atoms with Crippen molar-refractivity contribution in [2.24, 2.45) is 0 Å². The van der Waals surface area contributed by atoms with Gasteiger partial charge in [0.1, 0.15) is 11.9 Å². The molecule has 28 heavy (non-hydrogen) atoms. The summed E-state index contributed by atoms with van der Waals surface area (Å²) < 4.78 is 16.8. The van der Waals surface area contributed by atoms with Gasteiger partial charge in [0, 0.05) is 43.4 Å². The van der Waals surface area contributed by atoms with E-state index in [0.717, 1.165) is 48.5 Å². The van der Waals surface area contributed by atoms with Gasteiger partial charge < -0.3 is 19.1 Å². The maximum Gasteiger partial charge on any atom is 0.247 e. The molecule has 1 aromatic heterocycles. The Balaban J connectivity index is 1.24. The molecule has 0 N–H and O–H groups in total. The fraction of sp³-hybridized carbons (Fsp3) is 0.364. The van der Waals surface area contributed by atoms with Crippen LogP contribution in [0, 0.1) is 0 Å². The second-order valence-electron chi connectivity index (χ2n) is 7.47. The van der Waals surface area contributed by atoms with E-state index in [4.69, 9.17) is 14.2 Å². The van der Waals surface area contributed by atoms with Gasteiger partial charge in [0.15, 0.2) is 11.5 Å². The van der Waals surface area contributed by atoms with Crippen LogP contribution in [0.25, 0.3) is 6.08 Å². The zero-order valence-electron chi connectivity index (χ0n) is 15.5. The molecule has 0 spiro atoms. The molecule has 2 aromatic rings. The molecule has 2 saturated heterocycles. The van der Waals surface area contributed by atoms with Gasteiger partial charge in [0.25, 0.3) is 0 Å². The number of fused-ring (bicyclic) bond motifs is 3. The minimum absolute atomic E-state index is 0.0764. The van der Waals surface area contributed by atoms with Gasteiger partial charge in [-0.25, -0.2) is 0 Å². The van der Waals surface area contributed by atoms with E-state index in [9.17, 15) is 4.79 Å². The lowest BCUT2D eigenvalue weighted by molar-refractivity contribution is -0.131. The molecule has 5 rings (SSSR count). The standard InChI is InChI=1S/C22H22N2O4/c25-22(6-2-15-1-5-20-21(11-15)27-14-26-20)24-16-3-4-17(24)13-19(12-16)28-18-7-9-23-10-8-18/h1-2,5-11,16-17,19H,3-4,12-14H2/b6-2+. The van der Waals surface area contributed by atoms with Crippen LogP contribution < -0.4 is 14.2 Å². The molecule has 4 heterocycles. The molecule has 6 nitrogen and oxygen atoms in total. The summed E-state index contributed by atoms with van der Waals surface area (Å²) in [5, 5.41) is 0. The van der Waals surface area contributed by atoms with Gasteiger partial charge in [-0.05, 0) is 48.7 Å². The molecule has 2 unspecified atom stereocenters. The summed E-state index contributed by atoms with van der Waals surface area (Å²) in [6.07, 6.45) is 11.0. The Morgan fingerprint density at radius 2 is 1.82 bits per heavy atom. The van der Waals surface area contributed by atoms with Gasteiger partial charge in [-0.15, -0.1) is 0 Å². The third-order valence-electron chi connectivity index (χ3n) is 5.71. The number of nitrogens with zero attached hydrogens (tertiary/aromatic N) is 2. The highest BCUT2D eigenvalue weighted by Crippen LogP contribution is 2.38. The summed E-state index contributed by atoms with van der Waals surface area (Å²) in [7, 11) is 0. The van der Waals surface area contributed by atoms with Crippen LogP contribution in [0.5, 0.6) is 17.2 Å². The number of piperidine rings is 1. The smallest absolute Gasteiger partial charge is 0.247 e. The molecule has 2 fully saturated rings. The van der Waals surface area contributed by atoms with Crippen molar-refractivity contribution in [1.82, 2.24) is 9.88 Å². The number of amides is 1. The lowest BCUT2D eigenvalue weighted by Crippen LogP contribution is -2.48. The fourth-order valence-electron chi connectivity index (χ4n) is 4.46. The number of hydrogen-bond donors (Lipinski definition) is 0. The molecule has 0 saturated carbocycles. The van der Waals surface area contributed by atoms with E-state index in [0.29, 0.717) is 0 Å². The van der Waals surface area contributed by atoms with Crippen LogP contribution in [0.15, 0.2) is 48.8 Å². The highest BCUT2D eigenvalue weighted by atomic mass is 16.7. The molecule has 3 aliphatic heterocycles. The second-order valence-corrected chi connectivity index (χ2v) is 7.47. The number of hydrogen-bond acceptors (Lipinski definition) is 5. The zero-order valence-corrected chi connectivity index (χ0v) is 15.5. The largest absolute Gasteiger partial charge is 0.490 e. The van der Waals surface area contributed by atoms with Crippen LogP contribution in [-0.2, 0) is 4.79 Å². The molecule has 1 aromatic carbocycles. The van der Waals surface area contributed by atoms with E-state index >= 15 is 0 Å². The lowest BCUT2D eigenvalue weighted by atomic mass is 9.99. The molecule has 144 valence electrons. The molecule has 2 atom stereocenters. The van der Waals surface area contributed by atoms with Crippen molar-refractivity contribution in [1.29, 1.82) is 0 Å². The summed E-state index contributed by atoms with van der Waals surface area (Å²) in [5.74, 6) is 2.40. The minimum Gasteiger partial charge on any atom is -0.490 e. The summed E-state index contributed by atoms with van der Waals surface area (Å²) in [6, 6.07) is 9.97. The first kappa shape index (κ1) is 17.1. The van der Waals surface area contributed by atoms with Gasteiger partial charge in [-0.3, -0.25) is 9.78 Å². The van der Waals surface area contributed by atoms with Gasteiger partial charge in [-0.1, -0.05) is 6.07 Å². The molecular formula is C22H22N2O4. The average Bonchev–Trinajstić information content (AvgIpc) is 3.29. The Bertz CT molecular complexity index is 885. The Morgan fingerprint density at radius 1 is 1.07 bits per heavy atom. The van der Waals surface area contributed by atoms with Crippen molar-refractivity contribution in [2.45, 2.75) is 43.9 Å². The van der Waals surface area contributed by atoms with Crippen LogP contribution in [0.4, 0.5) is 0 Å². The van der Waals surface area contributed by atoms with E-state index in [1.165, 1.54) is 0 Å². The first-order valence-corrected chi connectivity index (χ1v) is 9.73. The Hall–Kier alpha value is -3.02. The Kier molecular flexibility index (Phi) is 4.39. The Labute approximate surface area is 163 Å². The molecule has 2 bridgehead atoms. The SMILES string of the molecule is O=C(/C=C/c1ccc2c(c1)OCO2)N1C2CCC1CC(Oc1ccncc1)C2. The van der Waals surface area contributed by atoms with E-state index in [-0.39, 0.29) is 30.9 Å². The van der Waals surface area contributed by atoms with Gasteiger partial charge in [0.05, 0.1) is 0 Å². The van der Waals surface area contributed by atoms with Crippen LogP contribution in [0.1, 0.15) is 31.2 Å². The average molecular weight is 378 g/mol. The van der Waals surface area contributed by atoms with E-state index in [1.54, 1.807) is 18.5 Å². The van der Waals surface area contributed by atoms with Crippen LogP contribution >= 0.6 is 0 Å². The second kappa shape index (κ2) is 7.19. The first-order valence-electron chi connectivity index (χ1n) is 9.73. The van der Waals surface area contributed by atoms with Crippen molar-refractivity contribution >= 4 is 12.0 Å². The van der Waals surface area contributed by atoms with E-state index in [1.807, 2.05) is 36.4 Å². The summed E-state index contributed by atoms with van der Waals surface area (Å²) in [5.41, 5.74) is 0.931. The quantitative estimate of drug-likeness (QED) is 0.763. The monoisotopic (exact) mass is 378 g/mol. The first-order chi connectivity index (χ1) is 13.8.